The maximum atomic E-state index is 14.1. The number of benzene rings is 2. The number of methoxy groups -OCH3 is 1. The summed E-state index contributed by atoms with van der Waals surface area (Å²) in [6.45, 7) is 6.76. The molecule has 1 aliphatic carbocycles. The number of carbonyl (C=O) groups excluding carboxylic acids is 1. The molecule has 0 N–H and O–H groups in total. The highest BCUT2D eigenvalue weighted by Crippen LogP contribution is 2.31. The first-order valence-electron chi connectivity index (χ1n) is 13.7. The van der Waals surface area contributed by atoms with Gasteiger partial charge in [-0.1, -0.05) is 63.3 Å². The Kier molecular flexibility index (Phi) is 9.30. The van der Waals surface area contributed by atoms with Crippen LogP contribution < -0.4 is 4.74 Å². The Morgan fingerprint density at radius 1 is 1.07 bits per heavy atom. The molecule has 1 heterocycles. The highest BCUT2D eigenvalue weighted by molar-refractivity contribution is 7.89. The van der Waals surface area contributed by atoms with Crippen LogP contribution in [0, 0.1) is 0 Å². The summed E-state index contributed by atoms with van der Waals surface area (Å²) in [6.07, 6.45) is 13.2. The number of aliphatic imine (C=N–C) groups is 1. The molecule has 40 heavy (non-hydrogen) atoms. The minimum Gasteiger partial charge on any atom is -0.497 e. The second-order valence-corrected chi connectivity index (χ2v) is 13.0. The Morgan fingerprint density at radius 3 is 2.50 bits per heavy atom. The Bertz CT molecular complexity index is 1410. The number of carbonyl (C=O) groups is 1. The van der Waals surface area contributed by atoms with E-state index in [-0.39, 0.29) is 28.8 Å². The fourth-order valence-electron chi connectivity index (χ4n) is 4.49. The second-order valence-electron chi connectivity index (χ2n) is 11.1. The number of sulfonamides is 1. The van der Waals surface area contributed by atoms with Crippen molar-refractivity contribution in [3.63, 3.8) is 0 Å². The predicted molar refractivity (Wildman–Crippen MR) is 160 cm³/mol. The van der Waals surface area contributed by atoms with E-state index in [9.17, 15) is 13.2 Å². The highest BCUT2D eigenvalue weighted by Gasteiger charge is 2.36. The molecule has 0 unspecified atom stereocenters. The predicted octanol–water partition coefficient (Wildman–Crippen LogP) is 5.65. The lowest BCUT2D eigenvalue weighted by Gasteiger charge is -2.30. The molecule has 1 saturated carbocycles. The van der Waals surface area contributed by atoms with Crippen LogP contribution in [0.1, 0.15) is 51.2 Å². The molecule has 0 aromatic heterocycles. The molecule has 2 aliphatic rings. The van der Waals surface area contributed by atoms with Crippen molar-refractivity contribution in [2.45, 2.75) is 62.9 Å². The van der Waals surface area contributed by atoms with E-state index in [0.29, 0.717) is 25.2 Å². The Balaban J connectivity index is 1.69. The lowest BCUT2D eigenvalue weighted by molar-refractivity contribution is -0.132. The van der Waals surface area contributed by atoms with Gasteiger partial charge < -0.3 is 9.64 Å². The van der Waals surface area contributed by atoms with Crippen molar-refractivity contribution in [3.8, 4) is 5.75 Å². The van der Waals surface area contributed by atoms with Crippen LogP contribution in [0.3, 0.4) is 0 Å². The van der Waals surface area contributed by atoms with Gasteiger partial charge in [-0.25, -0.2) is 8.42 Å². The smallest absolute Gasteiger partial charge is 0.264 e. The van der Waals surface area contributed by atoms with Crippen LogP contribution in [-0.2, 0) is 26.8 Å². The molecule has 7 nitrogen and oxygen atoms in total. The van der Waals surface area contributed by atoms with Crippen LogP contribution >= 0.6 is 0 Å². The summed E-state index contributed by atoms with van der Waals surface area (Å²) in [7, 11) is -2.43. The monoisotopic (exact) mass is 561 g/mol. The molecule has 1 fully saturated rings. The molecule has 8 heteroatoms. The zero-order valence-electron chi connectivity index (χ0n) is 23.8. The summed E-state index contributed by atoms with van der Waals surface area (Å²) in [5.41, 5.74) is 2.31. The van der Waals surface area contributed by atoms with Crippen LogP contribution in [0.15, 0.2) is 94.5 Å². The van der Waals surface area contributed by atoms with Gasteiger partial charge in [-0.15, -0.1) is 0 Å². The average Bonchev–Trinajstić information content (AvgIpc) is 3.78. The van der Waals surface area contributed by atoms with Crippen molar-refractivity contribution in [2.75, 3.05) is 20.2 Å². The van der Waals surface area contributed by atoms with Gasteiger partial charge in [-0.2, -0.15) is 0 Å². The first-order valence-corrected chi connectivity index (χ1v) is 15.1. The van der Waals surface area contributed by atoms with Gasteiger partial charge in [0.05, 0.1) is 18.6 Å². The van der Waals surface area contributed by atoms with Gasteiger partial charge in [0, 0.05) is 24.5 Å². The topological polar surface area (TPSA) is 79.3 Å². The molecule has 2 aromatic rings. The number of amides is 1. The summed E-state index contributed by atoms with van der Waals surface area (Å²) in [4.78, 5) is 20.1. The maximum absolute atomic E-state index is 14.1. The zero-order valence-corrected chi connectivity index (χ0v) is 24.6. The van der Waals surface area contributed by atoms with Crippen molar-refractivity contribution in [2.24, 2.45) is 4.99 Å². The summed E-state index contributed by atoms with van der Waals surface area (Å²) >= 11 is 0. The van der Waals surface area contributed by atoms with Crippen LogP contribution in [0.4, 0.5) is 0 Å². The van der Waals surface area contributed by atoms with Crippen molar-refractivity contribution in [3.05, 3.63) is 95.7 Å². The van der Waals surface area contributed by atoms with Crippen LogP contribution in [0.5, 0.6) is 5.75 Å². The minimum absolute atomic E-state index is 0.0974. The third kappa shape index (κ3) is 7.50. The fourth-order valence-corrected chi connectivity index (χ4v) is 5.92. The summed E-state index contributed by atoms with van der Waals surface area (Å²) < 4.78 is 34.9. The molecular formula is C32H39N3O4S. The van der Waals surface area contributed by atoms with Gasteiger partial charge in [-0.3, -0.25) is 14.1 Å². The van der Waals surface area contributed by atoms with Crippen molar-refractivity contribution < 1.29 is 17.9 Å². The Morgan fingerprint density at radius 2 is 1.82 bits per heavy atom. The van der Waals surface area contributed by atoms with E-state index in [1.54, 1.807) is 36.4 Å². The molecule has 212 valence electrons. The fraction of sp³-hybridized carbons (Fsp3) is 0.375. The van der Waals surface area contributed by atoms with Crippen molar-refractivity contribution >= 4 is 22.1 Å². The van der Waals surface area contributed by atoms with Gasteiger partial charge in [-0.05, 0) is 72.2 Å². The molecule has 0 bridgehead atoms. The summed E-state index contributed by atoms with van der Waals surface area (Å²) in [5.74, 6) is 0.483. The maximum Gasteiger partial charge on any atom is 0.264 e. The molecule has 1 amide bonds. The number of ether oxygens (including phenoxy) is 1. The molecule has 0 saturated heterocycles. The number of hydrogen-bond acceptors (Lipinski definition) is 5. The second kappa shape index (κ2) is 12.7. The quantitative estimate of drug-likeness (QED) is 0.397. The summed E-state index contributed by atoms with van der Waals surface area (Å²) in [5, 5.41) is 0. The van der Waals surface area contributed by atoms with Crippen LogP contribution in [0.2, 0.25) is 0 Å². The number of nitrogens with zero attached hydrogens (tertiary/aromatic N) is 3. The van der Waals surface area contributed by atoms with Gasteiger partial charge in [0.15, 0.2) is 0 Å². The van der Waals surface area contributed by atoms with Gasteiger partial charge >= 0.3 is 0 Å². The van der Waals surface area contributed by atoms with E-state index in [2.05, 4.69) is 25.8 Å². The largest absolute Gasteiger partial charge is 0.497 e. The molecule has 0 atom stereocenters. The Labute approximate surface area is 238 Å². The highest BCUT2D eigenvalue weighted by atomic mass is 32.2. The number of rotatable bonds is 9. The minimum atomic E-state index is -4.05. The standard InChI is InChI=1S/C32H39N3O4S/c1-32(2,3)26-14-18-30(19-15-26)40(37,38)35(28-11-6-5-7-20-33-21-9-12-28)24-31(36)34(27-16-17-27)23-25-10-8-13-29(22-25)39-4/h5,7-15,18-20,22,27H,6,16-17,21,23-24H2,1-4H3/b7-5-,12-9?,28-11?,33-20?. The van der Waals surface area contributed by atoms with E-state index in [1.807, 2.05) is 60.7 Å². The van der Waals surface area contributed by atoms with E-state index < -0.39 is 10.0 Å². The van der Waals surface area contributed by atoms with Crippen molar-refractivity contribution in [1.29, 1.82) is 0 Å². The zero-order chi connectivity index (χ0) is 28.8. The lowest BCUT2D eigenvalue weighted by Crippen LogP contribution is -2.43. The van der Waals surface area contributed by atoms with E-state index in [1.165, 1.54) is 4.31 Å². The molecule has 0 spiro atoms. The molecule has 4 rings (SSSR count). The first-order chi connectivity index (χ1) is 19.1. The normalized spacial score (nSPS) is 16.6. The van der Waals surface area contributed by atoms with E-state index >= 15 is 0 Å². The SMILES string of the molecule is COc1cccc(CN(C(=O)CN(C2=CC/C=C\C=NCC=C2)S(=O)(=O)c2ccc(C(C)(C)C)cc2)C2CC2)c1. The average molecular weight is 562 g/mol. The van der Waals surface area contributed by atoms with Crippen LogP contribution in [0.25, 0.3) is 0 Å². The number of hydrogen-bond donors (Lipinski definition) is 0. The third-order valence-electron chi connectivity index (χ3n) is 6.96. The van der Waals surface area contributed by atoms with Gasteiger partial charge in [0.25, 0.3) is 10.0 Å². The molecule has 1 aliphatic heterocycles. The molecule has 2 aromatic carbocycles. The van der Waals surface area contributed by atoms with Gasteiger partial charge in [0.1, 0.15) is 12.3 Å². The molecular weight excluding hydrogens is 522 g/mol. The Hall–Kier alpha value is -3.65. The third-order valence-corrected chi connectivity index (χ3v) is 8.75. The lowest BCUT2D eigenvalue weighted by atomic mass is 9.87. The number of allylic oxidation sites excluding steroid dienone is 4. The summed E-state index contributed by atoms with van der Waals surface area (Å²) in [6, 6.07) is 14.7. The van der Waals surface area contributed by atoms with Crippen molar-refractivity contribution in [1.82, 2.24) is 9.21 Å². The first kappa shape index (κ1) is 29.3. The van der Waals surface area contributed by atoms with E-state index in [0.717, 1.165) is 29.7 Å². The van der Waals surface area contributed by atoms with Gasteiger partial charge in [0.2, 0.25) is 5.91 Å². The van der Waals surface area contributed by atoms with E-state index in [4.69, 9.17) is 4.74 Å². The van der Waals surface area contributed by atoms with Crippen LogP contribution in [-0.4, -0.2) is 56.0 Å². The molecule has 0 radical (unpaired) electrons.